The first kappa shape index (κ1) is 20.8. The summed E-state index contributed by atoms with van der Waals surface area (Å²) >= 11 is 0. The van der Waals surface area contributed by atoms with Gasteiger partial charge in [-0.1, -0.05) is 37.6 Å². The smallest absolute Gasteiger partial charge is 0.429 e. The molecule has 3 rings (SSSR count). The van der Waals surface area contributed by atoms with Crippen LogP contribution in [0.15, 0.2) is 54.6 Å². The first-order valence-corrected chi connectivity index (χ1v) is 8.81. The van der Waals surface area contributed by atoms with E-state index in [1.807, 2.05) is 6.92 Å². The maximum atomic E-state index is 14.4. The number of hydrogen-bond donors (Lipinski definition) is 0. The zero-order valence-electron chi connectivity index (χ0n) is 15.3. The molecule has 0 unspecified atom stereocenters. The summed E-state index contributed by atoms with van der Waals surface area (Å²) in [5.41, 5.74) is -0.0883. The minimum atomic E-state index is -4.49. The first-order chi connectivity index (χ1) is 13.7. The van der Waals surface area contributed by atoms with Crippen molar-refractivity contribution in [2.45, 2.75) is 25.9 Å². The first-order valence-electron chi connectivity index (χ1n) is 8.81. The molecule has 1 nitrogen and oxygen atoms in total. The van der Waals surface area contributed by atoms with Gasteiger partial charge < -0.3 is 4.74 Å². The van der Waals surface area contributed by atoms with Gasteiger partial charge in [-0.2, -0.15) is 8.78 Å². The molecule has 0 spiro atoms. The van der Waals surface area contributed by atoms with Crippen LogP contribution in [0.25, 0.3) is 11.1 Å². The molecule has 0 radical (unpaired) electrons. The van der Waals surface area contributed by atoms with Gasteiger partial charge in [0.15, 0.2) is 0 Å². The van der Waals surface area contributed by atoms with Crippen LogP contribution in [0.4, 0.5) is 26.3 Å². The fraction of sp³-hybridized carbons (Fsp3) is 0.182. The van der Waals surface area contributed by atoms with Crippen LogP contribution < -0.4 is 4.74 Å². The van der Waals surface area contributed by atoms with Crippen LogP contribution in [0.1, 0.15) is 24.5 Å². The number of ether oxygens (including phenoxy) is 1. The van der Waals surface area contributed by atoms with E-state index in [0.29, 0.717) is 23.8 Å². The normalized spacial score (nSPS) is 11.6. The van der Waals surface area contributed by atoms with Crippen molar-refractivity contribution in [3.8, 4) is 16.9 Å². The molecule has 0 saturated carbocycles. The summed E-state index contributed by atoms with van der Waals surface area (Å²) in [5.74, 6) is -6.32. The fourth-order valence-corrected chi connectivity index (χ4v) is 2.96. The monoisotopic (exact) mass is 410 g/mol. The van der Waals surface area contributed by atoms with E-state index in [0.717, 1.165) is 30.5 Å². The lowest BCUT2D eigenvalue weighted by molar-refractivity contribution is -0.189. The molecule has 0 bridgehead atoms. The molecular formula is C22H16F6O. The van der Waals surface area contributed by atoms with Crippen molar-refractivity contribution < 1.29 is 31.1 Å². The average Bonchev–Trinajstić information content (AvgIpc) is 2.60. The second-order valence-corrected chi connectivity index (χ2v) is 6.49. The number of benzene rings is 3. The van der Waals surface area contributed by atoms with Gasteiger partial charge in [0.2, 0.25) is 0 Å². The summed E-state index contributed by atoms with van der Waals surface area (Å²) < 4.78 is 88.1. The quantitative estimate of drug-likeness (QED) is 0.398. The van der Waals surface area contributed by atoms with E-state index in [4.69, 9.17) is 0 Å². The molecule has 3 aromatic carbocycles. The van der Waals surface area contributed by atoms with Gasteiger partial charge in [-0.3, -0.25) is 0 Å². The van der Waals surface area contributed by atoms with Gasteiger partial charge in [-0.05, 0) is 35.2 Å². The Morgan fingerprint density at radius 1 is 0.759 bits per heavy atom. The van der Waals surface area contributed by atoms with Crippen molar-refractivity contribution in [2.75, 3.05) is 0 Å². The van der Waals surface area contributed by atoms with Gasteiger partial charge in [0.25, 0.3) is 0 Å². The van der Waals surface area contributed by atoms with Gasteiger partial charge in [0.05, 0.1) is 0 Å². The average molecular weight is 410 g/mol. The summed E-state index contributed by atoms with van der Waals surface area (Å²) in [6, 6.07) is 9.81. The molecule has 3 aromatic rings. The Morgan fingerprint density at radius 2 is 1.31 bits per heavy atom. The van der Waals surface area contributed by atoms with Crippen LogP contribution >= 0.6 is 0 Å². The van der Waals surface area contributed by atoms with E-state index in [-0.39, 0.29) is 5.56 Å². The third-order valence-corrected chi connectivity index (χ3v) is 4.24. The highest BCUT2D eigenvalue weighted by Crippen LogP contribution is 2.37. The highest BCUT2D eigenvalue weighted by molar-refractivity contribution is 5.64. The van der Waals surface area contributed by atoms with E-state index in [1.165, 1.54) is 0 Å². The van der Waals surface area contributed by atoms with Gasteiger partial charge in [0.1, 0.15) is 34.6 Å². The maximum Gasteiger partial charge on any atom is 0.432 e. The van der Waals surface area contributed by atoms with Crippen LogP contribution in [0.2, 0.25) is 0 Å². The lowest BCUT2D eigenvalue weighted by atomic mass is 10.00. The number of hydrogen-bond acceptors (Lipinski definition) is 1. The summed E-state index contributed by atoms with van der Waals surface area (Å²) in [6.45, 7) is 2.01. The minimum Gasteiger partial charge on any atom is -0.429 e. The summed E-state index contributed by atoms with van der Waals surface area (Å²) in [5, 5.41) is 0. The molecule has 152 valence electrons. The second kappa shape index (κ2) is 8.19. The molecular weight excluding hydrogens is 394 g/mol. The number of alkyl halides is 2. The van der Waals surface area contributed by atoms with Crippen molar-refractivity contribution >= 4 is 0 Å². The zero-order valence-corrected chi connectivity index (χ0v) is 15.3. The fourth-order valence-electron chi connectivity index (χ4n) is 2.96. The molecule has 0 N–H and O–H groups in total. The van der Waals surface area contributed by atoms with E-state index < -0.39 is 40.7 Å². The molecule has 0 heterocycles. The van der Waals surface area contributed by atoms with Crippen LogP contribution in [-0.2, 0) is 12.5 Å². The Bertz CT molecular complexity index is 971. The molecule has 0 saturated heterocycles. The second-order valence-electron chi connectivity index (χ2n) is 6.49. The van der Waals surface area contributed by atoms with E-state index in [1.54, 1.807) is 24.3 Å². The molecule has 7 heteroatoms. The van der Waals surface area contributed by atoms with Crippen LogP contribution in [0.3, 0.4) is 0 Å². The lowest BCUT2D eigenvalue weighted by Crippen LogP contribution is -2.25. The third-order valence-electron chi connectivity index (χ3n) is 4.24. The minimum absolute atomic E-state index is 0.0689. The molecule has 0 aliphatic rings. The number of halogens is 6. The van der Waals surface area contributed by atoms with Crippen LogP contribution in [0.5, 0.6) is 5.75 Å². The van der Waals surface area contributed by atoms with Crippen molar-refractivity contribution in [1.82, 2.24) is 0 Å². The van der Waals surface area contributed by atoms with Crippen molar-refractivity contribution in [1.29, 1.82) is 0 Å². The summed E-state index contributed by atoms with van der Waals surface area (Å²) in [7, 11) is 0. The Morgan fingerprint density at radius 3 is 1.83 bits per heavy atom. The number of aryl methyl sites for hydroxylation is 1. The SMILES string of the molecule is CCCc1ccc(-c2cc(F)c(C(F)(F)Oc3cc(F)cc(F)c3)c(F)c2)cc1. The molecule has 0 aliphatic heterocycles. The van der Waals surface area contributed by atoms with E-state index >= 15 is 0 Å². The maximum absolute atomic E-state index is 14.4. The molecule has 0 amide bonds. The lowest BCUT2D eigenvalue weighted by Gasteiger charge is -2.20. The van der Waals surface area contributed by atoms with Gasteiger partial charge in [0, 0.05) is 18.2 Å². The predicted octanol–water partition coefficient (Wildman–Crippen LogP) is 6.99. The third kappa shape index (κ3) is 4.72. The molecule has 0 fully saturated rings. The van der Waals surface area contributed by atoms with Crippen LogP contribution in [0, 0.1) is 23.3 Å². The molecule has 0 aliphatic carbocycles. The summed E-state index contributed by atoms with van der Waals surface area (Å²) in [6.07, 6.45) is -2.72. The zero-order chi connectivity index (χ0) is 21.2. The predicted molar refractivity (Wildman–Crippen MR) is 96.7 cm³/mol. The Kier molecular flexibility index (Phi) is 5.86. The molecule has 0 atom stereocenters. The van der Waals surface area contributed by atoms with Crippen LogP contribution in [-0.4, -0.2) is 0 Å². The van der Waals surface area contributed by atoms with Gasteiger partial charge >= 0.3 is 6.11 Å². The highest BCUT2D eigenvalue weighted by atomic mass is 19.3. The highest BCUT2D eigenvalue weighted by Gasteiger charge is 2.41. The van der Waals surface area contributed by atoms with E-state index in [9.17, 15) is 26.3 Å². The van der Waals surface area contributed by atoms with E-state index in [2.05, 4.69) is 4.74 Å². The molecule has 29 heavy (non-hydrogen) atoms. The standard InChI is InChI=1S/C22H16F6O/c1-2-3-13-4-6-14(7-5-13)15-8-19(25)21(20(26)9-15)22(27,28)29-18-11-16(23)10-17(24)12-18/h4-12H,2-3H2,1H3. The topological polar surface area (TPSA) is 9.23 Å². The van der Waals surface area contributed by atoms with Gasteiger partial charge in [-0.15, -0.1) is 0 Å². The Labute approximate surface area is 163 Å². The Hall–Kier alpha value is -2.96. The summed E-state index contributed by atoms with van der Waals surface area (Å²) in [4.78, 5) is 0. The van der Waals surface area contributed by atoms with Crippen molar-refractivity contribution in [3.05, 3.63) is 89.0 Å². The van der Waals surface area contributed by atoms with Crippen molar-refractivity contribution in [2.24, 2.45) is 0 Å². The number of rotatable bonds is 6. The van der Waals surface area contributed by atoms with Crippen molar-refractivity contribution in [3.63, 3.8) is 0 Å². The van der Waals surface area contributed by atoms with Gasteiger partial charge in [-0.25, -0.2) is 17.6 Å². The largest absolute Gasteiger partial charge is 0.432 e. The molecule has 0 aromatic heterocycles. The Balaban J connectivity index is 1.93.